The second-order valence-electron chi connectivity index (χ2n) is 24.6. The van der Waals surface area contributed by atoms with Gasteiger partial charge in [0.15, 0.2) is 0 Å². The third kappa shape index (κ3) is 65.1. The zero-order valence-electron chi connectivity index (χ0n) is 53.4. The molecule has 0 saturated heterocycles. The first-order chi connectivity index (χ1) is 39.0. The predicted molar refractivity (Wildman–Crippen MR) is 347 cm³/mol. The van der Waals surface area contributed by atoms with Gasteiger partial charge in [-0.05, 0) is 83.5 Å². The zero-order chi connectivity index (χ0) is 57.1. The van der Waals surface area contributed by atoms with E-state index in [9.17, 15) is 19.8 Å². The van der Waals surface area contributed by atoms with Crippen LogP contribution in [0.2, 0.25) is 0 Å². The molecule has 79 heavy (non-hydrogen) atoms. The molecule has 0 radical (unpaired) electrons. The van der Waals surface area contributed by atoms with E-state index in [0.29, 0.717) is 25.9 Å². The fourth-order valence-electron chi connectivity index (χ4n) is 11.2. The van der Waals surface area contributed by atoms with Crippen molar-refractivity contribution in [2.75, 3.05) is 13.2 Å². The molecule has 0 aromatic carbocycles. The van der Waals surface area contributed by atoms with Gasteiger partial charge in [0.1, 0.15) is 0 Å². The molecule has 3 N–H and O–H groups in total. The minimum absolute atomic E-state index is 0.0112. The summed E-state index contributed by atoms with van der Waals surface area (Å²) >= 11 is 0. The first-order valence-electron chi connectivity index (χ1n) is 35.7. The highest BCUT2D eigenvalue weighted by atomic mass is 16.5. The molecule has 2 unspecified atom stereocenters. The summed E-state index contributed by atoms with van der Waals surface area (Å²) in [5.74, 6) is -0.0207. The van der Waals surface area contributed by atoms with Crippen LogP contribution in [0.15, 0.2) is 36.5 Å². The van der Waals surface area contributed by atoms with Crippen molar-refractivity contribution in [3.8, 4) is 0 Å². The highest BCUT2D eigenvalue weighted by Crippen LogP contribution is 2.18. The fourth-order valence-corrected chi connectivity index (χ4v) is 11.2. The molecule has 6 nitrogen and oxygen atoms in total. The highest BCUT2D eigenvalue weighted by Gasteiger charge is 2.20. The average molecular weight is 1110 g/mol. The van der Waals surface area contributed by atoms with Crippen LogP contribution in [0.4, 0.5) is 0 Å². The highest BCUT2D eigenvalue weighted by molar-refractivity contribution is 5.76. The third-order valence-corrected chi connectivity index (χ3v) is 16.7. The van der Waals surface area contributed by atoms with E-state index in [-0.39, 0.29) is 18.5 Å². The topological polar surface area (TPSA) is 95.9 Å². The molecule has 6 heteroatoms. The molecule has 1 amide bonds. The van der Waals surface area contributed by atoms with E-state index < -0.39 is 12.1 Å². The van der Waals surface area contributed by atoms with Crippen LogP contribution in [0.5, 0.6) is 0 Å². The summed E-state index contributed by atoms with van der Waals surface area (Å²) in [4.78, 5) is 24.6. The number of rotatable bonds is 67. The Bertz CT molecular complexity index is 1280. The summed E-state index contributed by atoms with van der Waals surface area (Å²) in [6, 6.07) is -0.539. The number of nitrogens with one attached hydrogen (secondary N) is 1. The van der Waals surface area contributed by atoms with Gasteiger partial charge in [-0.15, -0.1) is 0 Å². The van der Waals surface area contributed by atoms with E-state index in [2.05, 4.69) is 55.6 Å². The largest absolute Gasteiger partial charge is 0.466 e. The Labute approximate surface area is 494 Å². The van der Waals surface area contributed by atoms with Gasteiger partial charge in [0.2, 0.25) is 5.91 Å². The lowest BCUT2D eigenvalue weighted by molar-refractivity contribution is -0.143. The Morgan fingerprint density at radius 3 is 0.975 bits per heavy atom. The molecular weight excluding hydrogens is 971 g/mol. The minimum atomic E-state index is -0.662. The average Bonchev–Trinajstić information content (AvgIpc) is 3.45. The predicted octanol–water partition coefficient (Wildman–Crippen LogP) is 23.1. The molecule has 0 aromatic rings. The van der Waals surface area contributed by atoms with Crippen LogP contribution in [0, 0.1) is 0 Å². The summed E-state index contributed by atoms with van der Waals surface area (Å²) in [5.41, 5.74) is 0. The molecule has 0 bridgehead atoms. The van der Waals surface area contributed by atoms with E-state index >= 15 is 0 Å². The second kappa shape index (κ2) is 68.6. The molecule has 0 fully saturated rings. The molecule has 0 aliphatic rings. The number of amides is 1. The molecule has 0 aliphatic carbocycles. The van der Waals surface area contributed by atoms with E-state index in [1.54, 1.807) is 0 Å². The maximum atomic E-state index is 12.5. The Hall–Kier alpha value is -1.92. The lowest BCUT2D eigenvalue weighted by atomic mass is 10.0. The lowest BCUT2D eigenvalue weighted by Gasteiger charge is -2.22. The van der Waals surface area contributed by atoms with Gasteiger partial charge in [0.25, 0.3) is 0 Å². The normalized spacial score (nSPS) is 12.7. The van der Waals surface area contributed by atoms with E-state index in [1.807, 2.05) is 0 Å². The summed E-state index contributed by atoms with van der Waals surface area (Å²) in [6.07, 6.45) is 87.8. The Morgan fingerprint density at radius 1 is 0.354 bits per heavy atom. The molecule has 0 rings (SSSR count). The Balaban J connectivity index is 3.36. The summed E-state index contributed by atoms with van der Waals surface area (Å²) in [6.45, 7) is 4.96. The fraction of sp³-hybridized carbons (Fsp3) is 0.890. The molecule has 0 heterocycles. The number of hydrogen-bond acceptors (Lipinski definition) is 5. The van der Waals surface area contributed by atoms with Crippen LogP contribution in [0.1, 0.15) is 393 Å². The maximum Gasteiger partial charge on any atom is 0.305 e. The number of aliphatic hydroxyl groups is 2. The van der Waals surface area contributed by atoms with Gasteiger partial charge in [-0.1, -0.05) is 333 Å². The van der Waals surface area contributed by atoms with Gasteiger partial charge in [0.05, 0.1) is 25.4 Å². The van der Waals surface area contributed by atoms with Crippen molar-refractivity contribution >= 4 is 11.9 Å². The van der Waals surface area contributed by atoms with Crippen LogP contribution in [0.25, 0.3) is 0 Å². The van der Waals surface area contributed by atoms with Gasteiger partial charge in [-0.3, -0.25) is 9.59 Å². The van der Waals surface area contributed by atoms with Crippen molar-refractivity contribution in [2.24, 2.45) is 0 Å². The van der Waals surface area contributed by atoms with Crippen LogP contribution >= 0.6 is 0 Å². The van der Waals surface area contributed by atoms with Gasteiger partial charge < -0.3 is 20.3 Å². The number of carbonyl (C=O) groups excluding carboxylic acids is 2. The number of esters is 1. The number of aliphatic hydroxyl groups excluding tert-OH is 2. The van der Waals surface area contributed by atoms with Crippen molar-refractivity contribution in [1.29, 1.82) is 0 Å². The van der Waals surface area contributed by atoms with Crippen LogP contribution in [-0.4, -0.2) is 47.4 Å². The third-order valence-electron chi connectivity index (χ3n) is 16.7. The first-order valence-corrected chi connectivity index (χ1v) is 35.7. The SMILES string of the molecule is CCCCCCCC/C=C\CCCCCCCCCC(=O)OCCCCCCCCCCC/C=C\C/C=C\CCCCCCCCCCCCCCCCCCCC(=O)NC(CO)C(O)CCCCCCCCCCCCCC. The van der Waals surface area contributed by atoms with Gasteiger partial charge >= 0.3 is 5.97 Å². The van der Waals surface area contributed by atoms with Crippen molar-refractivity contribution < 1.29 is 24.5 Å². The van der Waals surface area contributed by atoms with Gasteiger partial charge in [0, 0.05) is 12.8 Å². The molecule has 2 atom stereocenters. The summed E-state index contributed by atoms with van der Waals surface area (Å²) in [5, 5.41) is 23.3. The Morgan fingerprint density at radius 2 is 0.633 bits per heavy atom. The van der Waals surface area contributed by atoms with Crippen LogP contribution < -0.4 is 5.32 Å². The van der Waals surface area contributed by atoms with Crippen molar-refractivity contribution in [2.45, 2.75) is 405 Å². The van der Waals surface area contributed by atoms with Crippen molar-refractivity contribution in [3.05, 3.63) is 36.5 Å². The molecule has 466 valence electrons. The molecular formula is C73H139NO5. The second-order valence-corrected chi connectivity index (χ2v) is 24.6. The molecule has 0 spiro atoms. The smallest absolute Gasteiger partial charge is 0.305 e. The summed E-state index contributed by atoms with van der Waals surface area (Å²) < 4.78 is 5.50. The monoisotopic (exact) mass is 1110 g/mol. The quantitative estimate of drug-likeness (QED) is 0.0320. The molecule has 0 aromatic heterocycles. The summed E-state index contributed by atoms with van der Waals surface area (Å²) in [7, 11) is 0. The maximum absolute atomic E-state index is 12.5. The minimum Gasteiger partial charge on any atom is -0.466 e. The number of unbranched alkanes of at least 4 members (excludes halogenated alkanes) is 50. The number of carbonyl (C=O) groups is 2. The number of hydrogen-bond donors (Lipinski definition) is 3. The van der Waals surface area contributed by atoms with E-state index in [0.717, 1.165) is 51.4 Å². The molecule has 0 saturated carbocycles. The number of ether oxygens (including phenoxy) is 1. The van der Waals surface area contributed by atoms with Crippen LogP contribution in [-0.2, 0) is 14.3 Å². The van der Waals surface area contributed by atoms with E-state index in [1.165, 1.54) is 308 Å². The van der Waals surface area contributed by atoms with Gasteiger partial charge in [-0.2, -0.15) is 0 Å². The molecule has 0 aliphatic heterocycles. The Kier molecular flexibility index (Phi) is 66.9. The van der Waals surface area contributed by atoms with Gasteiger partial charge in [-0.25, -0.2) is 0 Å². The first kappa shape index (κ1) is 77.1. The van der Waals surface area contributed by atoms with Crippen molar-refractivity contribution in [1.82, 2.24) is 5.32 Å². The number of allylic oxidation sites excluding steroid dienone is 6. The lowest BCUT2D eigenvalue weighted by Crippen LogP contribution is -2.45. The van der Waals surface area contributed by atoms with Crippen molar-refractivity contribution in [3.63, 3.8) is 0 Å². The van der Waals surface area contributed by atoms with Crippen LogP contribution in [0.3, 0.4) is 0 Å². The van der Waals surface area contributed by atoms with E-state index in [4.69, 9.17) is 4.74 Å². The standard InChI is InChI=1S/C73H139NO5/c1-3-5-7-9-11-13-15-17-18-36-40-43-47-51-55-59-63-67-73(78)79-68-64-60-56-52-48-44-41-38-35-33-31-29-27-25-23-21-19-20-22-24-26-28-30-32-34-37-39-42-46-50-54-58-62-66-72(77)74-70(69-75)71(76)65-61-57-53-49-45-16-14-12-10-8-6-4-2/h17-18,23,25,29,31,70-71,75-76H,3-16,19-22,24,26-28,30,32-69H2,1-2H3,(H,74,77)/b18-17-,25-23-,31-29-. The zero-order valence-corrected chi connectivity index (χ0v) is 53.4.